The molecule has 4 nitrogen and oxygen atoms in total. The molecule has 1 saturated heterocycles. The lowest BCUT2D eigenvalue weighted by Crippen LogP contribution is -2.61. The van der Waals surface area contributed by atoms with Crippen molar-refractivity contribution in [2.75, 3.05) is 44.7 Å². The highest BCUT2D eigenvalue weighted by molar-refractivity contribution is 5.49. The van der Waals surface area contributed by atoms with E-state index < -0.39 is 0 Å². The van der Waals surface area contributed by atoms with E-state index in [1.807, 2.05) is 12.1 Å². The van der Waals surface area contributed by atoms with Crippen molar-refractivity contribution in [1.82, 2.24) is 4.90 Å². The smallest absolute Gasteiger partial charge is 0.119 e. The van der Waals surface area contributed by atoms with E-state index >= 15 is 0 Å². The average molecular weight is 303 g/mol. The van der Waals surface area contributed by atoms with Gasteiger partial charge in [0.05, 0.1) is 7.11 Å². The zero-order valence-electron chi connectivity index (χ0n) is 13.8. The van der Waals surface area contributed by atoms with Crippen molar-refractivity contribution in [3.8, 4) is 5.75 Å². The number of nitrogens with zero attached hydrogens (tertiary/aromatic N) is 2. The molecule has 1 aliphatic carbocycles. The van der Waals surface area contributed by atoms with Crippen LogP contribution in [-0.2, 0) is 0 Å². The fourth-order valence-corrected chi connectivity index (χ4v) is 4.09. The molecule has 0 aromatic heterocycles. The van der Waals surface area contributed by atoms with Gasteiger partial charge in [-0.25, -0.2) is 0 Å². The summed E-state index contributed by atoms with van der Waals surface area (Å²) in [6.07, 6.45) is 6.64. The van der Waals surface area contributed by atoms with E-state index in [1.54, 1.807) is 7.11 Å². The van der Waals surface area contributed by atoms with Crippen LogP contribution in [0.2, 0.25) is 0 Å². The summed E-state index contributed by atoms with van der Waals surface area (Å²) in [4.78, 5) is 5.15. The van der Waals surface area contributed by atoms with E-state index in [1.165, 1.54) is 37.8 Å². The van der Waals surface area contributed by atoms with Gasteiger partial charge in [0, 0.05) is 44.0 Å². The molecule has 122 valence electrons. The first kappa shape index (κ1) is 15.6. The van der Waals surface area contributed by atoms with Crippen LogP contribution < -0.4 is 15.4 Å². The van der Waals surface area contributed by atoms with Crippen LogP contribution in [-0.4, -0.2) is 50.3 Å². The molecule has 4 heteroatoms. The molecule has 0 spiro atoms. The maximum atomic E-state index is 6.18. The normalized spacial score (nSPS) is 22.5. The second kappa shape index (κ2) is 6.88. The largest absolute Gasteiger partial charge is 0.497 e. The van der Waals surface area contributed by atoms with Crippen LogP contribution in [0.15, 0.2) is 24.3 Å². The zero-order valence-corrected chi connectivity index (χ0v) is 13.8. The standard InChI is InChI=1S/C18H29N3O/c1-22-17-7-5-16(6-8-17)20-11-13-21(14-12-20)18(15-19)9-3-2-4-10-18/h5-8H,2-4,9-15,19H2,1H3. The van der Waals surface area contributed by atoms with Crippen LogP contribution in [0.25, 0.3) is 0 Å². The summed E-state index contributed by atoms with van der Waals surface area (Å²) >= 11 is 0. The number of anilines is 1. The molecule has 2 fully saturated rings. The van der Waals surface area contributed by atoms with E-state index in [4.69, 9.17) is 10.5 Å². The van der Waals surface area contributed by atoms with Gasteiger partial charge in [-0.2, -0.15) is 0 Å². The van der Waals surface area contributed by atoms with E-state index in [0.29, 0.717) is 0 Å². The molecule has 1 aliphatic heterocycles. The third kappa shape index (κ3) is 3.08. The predicted octanol–water partition coefficient (Wildman–Crippen LogP) is 2.48. The first-order chi connectivity index (χ1) is 10.8. The molecule has 0 unspecified atom stereocenters. The van der Waals surface area contributed by atoms with Crippen molar-refractivity contribution in [1.29, 1.82) is 0 Å². The van der Waals surface area contributed by atoms with Gasteiger partial charge in [0.25, 0.3) is 0 Å². The van der Waals surface area contributed by atoms with Crippen molar-refractivity contribution < 1.29 is 4.74 Å². The third-order valence-corrected chi connectivity index (χ3v) is 5.55. The maximum absolute atomic E-state index is 6.18. The first-order valence-corrected chi connectivity index (χ1v) is 8.61. The van der Waals surface area contributed by atoms with Crippen molar-refractivity contribution in [2.45, 2.75) is 37.6 Å². The molecular weight excluding hydrogens is 274 g/mol. The number of methoxy groups -OCH3 is 1. The zero-order chi connectivity index (χ0) is 15.4. The molecule has 22 heavy (non-hydrogen) atoms. The summed E-state index contributed by atoms with van der Waals surface area (Å²) in [7, 11) is 1.71. The number of piperazine rings is 1. The van der Waals surface area contributed by atoms with Crippen LogP contribution in [0.4, 0.5) is 5.69 Å². The Hall–Kier alpha value is -1.26. The van der Waals surface area contributed by atoms with Crippen molar-refractivity contribution in [3.05, 3.63) is 24.3 Å². The monoisotopic (exact) mass is 303 g/mol. The fourth-order valence-electron chi connectivity index (χ4n) is 4.09. The lowest BCUT2D eigenvalue weighted by atomic mass is 9.80. The Morgan fingerprint density at radius 1 is 1.00 bits per heavy atom. The van der Waals surface area contributed by atoms with E-state index in [-0.39, 0.29) is 5.54 Å². The second-order valence-corrected chi connectivity index (χ2v) is 6.66. The Morgan fingerprint density at radius 3 is 2.18 bits per heavy atom. The summed E-state index contributed by atoms with van der Waals surface area (Å²) in [5, 5.41) is 0. The highest BCUT2D eigenvalue weighted by Gasteiger charge is 2.38. The van der Waals surface area contributed by atoms with Crippen LogP contribution in [0.1, 0.15) is 32.1 Å². The van der Waals surface area contributed by atoms with Crippen LogP contribution in [0, 0.1) is 0 Å². The molecule has 0 radical (unpaired) electrons. The second-order valence-electron chi connectivity index (χ2n) is 6.66. The first-order valence-electron chi connectivity index (χ1n) is 8.61. The summed E-state index contributed by atoms with van der Waals surface area (Å²) in [6.45, 7) is 5.25. The van der Waals surface area contributed by atoms with Gasteiger partial charge < -0.3 is 15.4 Å². The minimum absolute atomic E-state index is 0.282. The molecule has 1 aromatic rings. The van der Waals surface area contributed by atoms with E-state index in [0.717, 1.165) is 38.5 Å². The Bertz CT molecular complexity index is 460. The molecule has 1 saturated carbocycles. The Balaban J connectivity index is 1.61. The SMILES string of the molecule is COc1ccc(N2CCN(C3(CN)CCCCC3)CC2)cc1. The van der Waals surface area contributed by atoms with Gasteiger partial charge in [-0.05, 0) is 37.1 Å². The molecule has 0 bridgehead atoms. The summed E-state index contributed by atoms with van der Waals surface area (Å²) < 4.78 is 5.24. The number of nitrogens with two attached hydrogens (primary N) is 1. The minimum atomic E-state index is 0.282. The molecule has 0 amide bonds. The molecular formula is C18H29N3O. The van der Waals surface area contributed by atoms with E-state index in [9.17, 15) is 0 Å². The fraction of sp³-hybridized carbons (Fsp3) is 0.667. The number of hydrogen-bond donors (Lipinski definition) is 1. The van der Waals surface area contributed by atoms with Crippen molar-refractivity contribution in [2.24, 2.45) is 5.73 Å². The summed E-state index contributed by atoms with van der Waals surface area (Å²) in [6, 6.07) is 8.41. The number of benzene rings is 1. The van der Waals surface area contributed by atoms with Crippen LogP contribution >= 0.6 is 0 Å². The highest BCUT2D eigenvalue weighted by atomic mass is 16.5. The Morgan fingerprint density at radius 2 is 1.64 bits per heavy atom. The topological polar surface area (TPSA) is 41.7 Å². The van der Waals surface area contributed by atoms with Crippen LogP contribution in [0.3, 0.4) is 0 Å². The molecule has 2 aliphatic rings. The highest BCUT2D eigenvalue weighted by Crippen LogP contribution is 2.34. The number of ether oxygens (including phenoxy) is 1. The summed E-state index contributed by atoms with van der Waals surface area (Å²) in [5.74, 6) is 0.923. The molecule has 2 N–H and O–H groups in total. The van der Waals surface area contributed by atoms with Gasteiger partial charge in [0.2, 0.25) is 0 Å². The van der Waals surface area contributed by atoms with Gasteiger partial charge in [0.15, 0.2) is 0 Å². The molecule has 1 aromatic carbocycles. The van der Waals surface area contributed by atoms with Crippen molar-refractivity contribution in [3.63, 3.8) is 0 Å². The molecule has 1 heterocycles. The Kier molecular flexibility index (Phi) is 4.89. The lowest BCUT2D eigenvalue weighted by Gasteiger charge is -2.49. The number of hydrogen-bond acceptors (Lipinski definition) is 4. The molecule has 0 atom stereocenters. The van der Waals surface area contributed by atoms with Gasteiger partial charge in [-0.3, -0.25) is 4.90 Å². The third-order valence-electron chi connectivity index (χ3n) is 5.55. The van der Waals surface area contributed by atoms with Gasteiger partial charge in [-0.15, -0.1) is 0 Å². The predicted molar refractivity (Wildman–Crippen MR) is 91.7 cm³/mol. The average Bonchev–Trinajstić information content (AvgIpc) is 2.62. The summed E-state index contributed by atoms with van der Waals surface area (Å²) in [5.41, 5.74) is 7.76. The van der Waals surface area contributed by atoms with Crippen LogP contribution in [0.5, 0.6) is 5.75 Å². The number of rotatable bonds is 4. The van der Waals surface area contributed by atoms with Gasteiger partial charge >= 0.3 is 0 Å². The Labute approximate surface area is 134 Å². The van der Waals surface area contributed by atoms with Gasteiger partial charge in [0.1, 0.15) is 5.75 Å². The van der Waals surface area contributed by atoms with E-state index in [2.05, 4.69) is 21.9 Å². The van der Waals surface area contributed by atoms with Gasteiger partial charge in [-0.1, -0.05) is 19.3 Å². The lowest BCUT2D eigenvalue weighted by molar-refractivity contribution is 0.0519. The molecule has 3 rings (SSSR count). The van der Waals surface area contributed by atoms with Crippen molar-refractivity contribution >= 4 is 5.69 Å². The minimum Gasteiger partial charge on any atom is -0.497 e. The quantitative estimate of drug-likeness (QED) is 0.928. The maximum Gasteiger partial charge on any atom is 0.119 e.